The molecule has 6 nitrogen and oxygen atoms in total. The highest BCUT2D eigenvalue weighted by atomic mass is 16.2. The monoisotopic (exact) mass is 289 g/mol. The van der Waals surface area contributed by atoms with Gasteiger partial charge in [-0.3, -0.25) is 19.1 Å². The number of hydrogen-bond donors (Lipinski definition) is 2. The number of H-pyrrole nitrogens is 1. The second-order valence-electron chi connectivity index (χ2n) is 5.46. The lowest BCUT2D eigenvalue weighted by Gasteiger charge is -2.18. The first kappa shape index (κ1) is 15.0. The maximum atomic E-state index is 12.0. The standard InChI is InChI=1S/C15H19N3O3/c1-9(2)10(3)16-13(19)8-18-12-7-5-4-6-11(12)14(20)17-15(18)21/h4-7,9-10H,8H2,1-3H3,(H,16,19)(H,17,20,21)/t10-/m0/s1. The summed E-state index contributed by atoms with van der Waals surface area (Å²) in [5, 5.41) is 3.23. The van der Waals surface area contributed by atoms with Gasteiger partial charge in [-0.2, -0.15) is 0 Å². The van der Waals surface area contributed by atoms with E-state index in [1.165, 1.54) is 4.57 Å². The minimum absolute atomic E-state index is 0.0160. The van der Waals surface area contributed by atoms with E-state index in [0.29, 0.717) is 16.8 Å². The zero-order valence-electron chi connectivity index (χ0n) is 12.3. The number of rotatable bonds is 4. The fraction of sp³-hybridized carbons (Fsp3) is 0.400. The van der Waals surface area contributed by atoms with Gasteiger partial charge in [-0.05, 0) is 25.0 Å². The first-order valence-electron chi connectivity index (χ1n) is 6.91. The number of nitrogens with one attached hydrogen (secondary N) is 2. The number of aromatic nitrogens is 2. The second kappa shape index (κ2) is 5.95. The summed E-state index contributed by atoms with van der Waals surface area (Å²) in [4.78, 5) is 38.0. The molecule has 112 valence electrons. The Morgan fingerprint density at radius 2 is 1.90 bits per heavy atom. The zero-order chi connectivity index (χ0) is 15.6. The van der Waals surface area contributed by atoms with Crippen molar-refractivity contribution in [3.05, 3.63) is 45.1 Å². The van der Waals surface area contributed by atoms with Gasteiger partial charge in [-0.1, -0.05) is 26.0 Å². The largest absolute Gasteiger partial charge is 0.352 e. The molecule has 1 aromatic heterocycles. The molecule has 1 amide bonds. The molecule has 0 radical (unpaired) electrons. The van der Waals surface area contributed by atoms with Crippen LogP contribution in [0.1, 0.15) is 20.8 Å². The lowest BCUT2D eigenvalue weighted by molar-refractivity contribution is -0.122. The summed E-state index contributed by atoms with van der Waals surface area (Å²) >= 11 is 0. The topological polar surface area (TPSA) is 84.0 Å². The van der Waals surface area contributed by atoms with Crippen molar-refractivity contribution >= 4 is 16.8 Å². The molecule has 0 saturated heterocycles. The zero-order valence-corrected chi connectivity index (χ0v) is 12.3. The predicted octanol–water partition coefficient (Wildman–Crippen LogP) is 0.851. The summed E-state index contributed by atoms with van der Waals surface area (Å²) < 4.78 is 1.28. The molecule has 6 heteroatoms. The molecule has 0 fully saturated rings. The number of para-hydroxylation sites is 1. The molecule has 2 N–H and O–H groups in total. The third-order valence-corrected chi connectivity index (χ3v) is 3.60. The van der Waals surface area contributed by atoms with Gasteiger partial charge in [0.15, 0.2) is 0 Å². The average molecular weight is 289 g/mol. The van der Waals surface area contributed by atoms with Crippen molar-refractivity contribution in [3.63, 3.8) is 0 Å². The normalized spacial score (nSPS) is 12.6. The van der Waals surface area contributed by atoms with E-state index < -0.39 is 11.2 Å². The maximum Gasteiger partial charge on any atom is 0.329 e. The minimum Gasteiger partial charge on any atom is -0.352 e. The molecule has 0 unspecified atom stereocenters. The van der Waals surface area contributed by atoms with Gasteiger partial charge >= 0.3 is 5.69 Å². The van der Waals surface area contributed by atoms with Crippen LogP contribution in [0.15, 0.2) is 33.9 Å². The lowest BCUT2D eigenvalue weighted by atomic mass is 10.1. The van der Waals surface area contributed by atoms with Gasteiger partial charge in [0.2, 0.25) is 5.91 Å². The van der Waals surface area contributed by atoms with Crippen LogP contribution in [0.5, 0.6) is 0 Å². The van der Waals surface area contributed by atoms with Crippen molar-refractivity contribution in [1.82, 2.24) is 14.9 Å². The molecule has 0 aliphatic carbocycles. The van der Waals surface area contributed by atoms with Gasteiger partial charge in [-0.25, -0.2) is 4.79 Å². The van der Waals surface area contributed by atoms with Crippen LogP contribution in [-0.2, 0) is 11.3 Å². The number of fused-ring (bicyclic) bond motifs is 1. The number of benzene rings is 1. The highest BCUT2D eigenvalue weighted by molar-refractivity contribution is 5.81. The van der Waals surface area contributed by atoms with Crippen LogP contribution in [-0.4, -0.2) is 21.5 Å². The summed E-state index contributed by atoms with van der Waals surface area (Å²) in [6.07, 6.45) is 0. The van der Waals surface area contributed by atoms with Crippen molar-refractivity contribution in [2.45, 2.75) is 33.4 Å². The molecule has 0 spiro atoms. The molecule has 0 aliphatic rings. The van der Waals surface area contributed by atoms with Crippen molar-refractivity contribution in [1.29, 1.82) is 0 Å². The second-order valence-corrected chi connectivity index (χ2v) is 5.46. The van der Waals surface area contributed by atoms with Crippen molar-refractivity contribution in [2.24, 2.45) is 5.92 Å². The van der Waals surface area contributed by atoms with Gasteiger partial charge in [0, 0.05) is 6.04 Å². The summed E-state index contributed by atoms with van der Waals surface area (Å²) in [6, 6.07) is 6.74. The number of hydrogen-bond acceptors (Lipinski definition) is 3. The Bertz CT molecular complexity index is 774. The van der Waals surface area contributed by atoms with Crippen LogP contribution in [0.3, 0.4) is 0 Å². The van der Waals surface area contributed by atoms with E-state index in [-0.39, 0.29) is 18.5 Å². The smallest absolute Gasteiger partial charge is 0.329 e. The van der Waals surface area contributed by atoms with Crippen LogP contribution in [0.2, 0.25) is 0 Å². The van der Waals surface area contributed by atoms with Crippen molar-refractivity contribution in [3.8, 4) is 0 Å². The molecule has 1 atom stereocenters. The van der Waals surface area contributed by atoms with Crippen LogP contribution >= 0.6 is 0 Å². The van der Waals surface area contributed by atoms with Crippen molar-refractivity contribution < 1.29 is 4.79 Å². The van der Waals surface area contributed by atoms with E-state index in [4.69, 9.17) is 0 Å². The Hall–Kier alpha value is -2.37. The maximum absolute atomic E-state index is 12.0. The quantitative estimate of drug-likeness (QED) is 0.875. The Kier molecular flexibility index (Phi) is 4.26. The number of amides is 1. The van der Waals surface area contributed by atoms with Crippen LogP contribution in [0, 0.1) is 5.92 Å². The first-order valence-corrected chi connectivity index (χ1v) is 6.91. The predicted molar refractivity (Wildman–Crippen MR) is 81.3 cm³/mol. The van der Waals surface area contributed by atoms with E-state index in [2.05, 4.69) is 10.3 Å². The molecule has 1 heterocycles. The fourth-order valence-corrected chi connectivity index (χ4v) is 2.01. The molecular formula is C15H19N3O3. The average Bonchev–Trinajstić information content (AvgIpc) is 2.43. The lowest BCUT2D eigenvalue weighted by Crippen LogP contribution is -2.41. The van der Waals surface area contributed by atoms with Gasteiger partial charge in [0.25, 0.3) is 5.56 Å². The highest BCUT2D eigenvalue weighted by Gasteiger charge is 2.14. The molecule has 2 aromatic rings. The molecule has 0 aliphatic heterocycles. The van der Waals surface area contributed by atoms with E-state index in [0.717, 1.165) is 0 Å². The van der Waals surface area contributed by atoms with Crippen molar-refractivity contribution in [2.75, 3.05) is 0 Å². The van der Waals surface area contributed by atoms with E-state index in [9.17, 15) is 14.4 Å². The molecule has 0 saturated carbocycles. The summed E-state index contributed by atoms with van der Waals surface area (Å²) in [6.45, 7) is 5.81. The third kappa shape index (κ3) is 3.21. The van der Waals surface area contributed by atoms with Crippen LogP contribution < -0.4 is 16.6 Å². The number of nitrogens with zero attached hydrogens (tertiary/aromatic N) is 1. The molecule has 2 rings (SSSR count). The summed E-state index contributed by atoms with van der Waals surface area (Å²) in [5.74, 6) is 0.0495. The Balaban J connectivity index is 2.37. The molecule has 21 heavy (non-hydrogen) atoms. The fourth-order valence-electron chi connectivity index (χ4n) is 2.01. The van der Waals surface area contributed by atoms with Crippen LogP contribution in [0.25, 0.3) is 10.9 Å². The number of aromatic amines is 1. The number of carbonyl (C=O) groups excluding carboxylic acids is 1. The number of carbonyl (C=O) groups is 1. The molecular weight excluding hydrogens is 270 g/mol. The summed E-state index contributed by atoms with van der Waals surface area (Å²) in [7, 11) is 0. The van der Waals surface area contributed by atoms with E-state index in [1.807, 2.05) is 20.8 Å². The Morgan fingerprint density at radius 1 is 1.24 bits per heavy atom. The highest BCUT2D eigenvalue weighted by Crippen LogP contribution is 2.06. The van der Waals surface area contributed by atoms with Crippen LogP contribution in [0.4, 0.5) is 0 Å². The Morgan fingerprint density at radius 3 is 2.57 bits per heavy atom. The Labute approximate surface area is 121 Å². The van der Waals surface area contributed by atoms with Gasteiger partial charge in [-0.15, -0.1) is 0 Å². The van der Waals surface area contributed by atoms with Gasteiger partial charge < -0.3 is 5.32 Å². The molecule has 0 bridgehead atoms. The molecule has 1 aromatic carbocycles. The van der Waals surface area contributed by atoms with Gasteiger partial charge in [0.1, 0.15) is 6.54 Å². The van der Waals surface area contributed by atoms with E-state index >= 15 is 0 Å². The minimum atomic E-state index is -0.578. The third-order valence-electron chi connectivity index (χ3n) is 3.60. The van der Waals surface area contributed by atoms with E-state index in [1.54, 1.807) is 24.3 Å². The SMILES string of the molecule is CC(C)[C@H](C)NC(=O)Cn1c(=O)[nH]c(=O)c2ccccc21. The summed E-state index contributed by atoms with van der Waals surface area (Å²) in [5.41, 5.74) is -0.563. The first-order chi connectivity index (χ1) is 9.90. The van der Waals surface area contributed by atoms with Gasteiger partial charge in [0.05, 0.1) is 10.9 Å².